The summed E-state index contributed by atoms with van der Waals surface area (Å²) in [6.07, 6.45) is 2.15. The van der Waals surface area contributed by atoms with E-state index >= 15 is 0 Å². The van der Waals surface area contributed by atoms with Gasteiger partial charge >= 0.3 is 0 Å². The first-order valence-corrected chi connectivity index (χ1v) is 5.98. The van der Waals surface area contributed by atoms with E-state index in [9.17, 15) is 8.78 Å². The number of benzene rings is 1. The lowest BCUT2D eigenvalue weighted by Gasteiger charge is -2.09. The molecule has 1 aromatic carbocycles. The zero-order valence-electron chi connectivity index (χ0n) is 9.72. The molecule has 4 heteroatoms. The lowest BCUT2D eigenvalue weighted by Crippen LogP contribution is -2.11. The van der Waals surface area contributed by atoms with Crippen molar-refractivity contribution in [2.24, 2.45) is 5.92 Å². The lowest BCUT2D eigenvalue weighted by atomic mass is 10.1. The van der Waals surface area contributed by atoms with Gasteiger partial charge in [-0.05, 0) is 50.0 Å². The van der Waals surface area contributed by atoms with Crippen LogP contribution in [0.1, 0.15) is 18.4 Å². The Morgan fingerprint density at radius 2 is 2.24 bits per heavy atom. The summed E-state index contributed by atoms with van der Waals surface area (Å²) >= 11 is 0. The molecular weight excluding hydrogens is 224 g/mol. The van der Waals surface area contributed by atoms with Crippen molar-refractivity contribution < 1.29 is 13.5 Å². The van der Waals surface area contributed by atoms with E-state index < -0.39 is 11.6 Å². The van der Waals surface area contributed by atoms with E-state index in [1.807, 2.05) is 0 Å². The molecule has 17 heavy (non-hydrogen) atoms. The fourth-order valence-electron chi connectivity index (χ4n) is 2.05. The number of halogens is 2. The van der Waals surface area contributed by atoms with Crippen LogP contribution in [0.3, 0.4) is 0 Å². The summed E-state index contributed by atoms with van der Waals surface area (Å²) in [7, 11) is 0. The minimum Gasteiger partial charge on any atom is -0.377 e. The molecule has 2 rings (SSSR count). The molecule has 0 bridgehead atoms. The third-order valence-electron chi connectivity index (χ3n) is 3.10. The Morgan fingerprint density at radius 1 is 1.35 bits per heavy atom. The Labute approximate surface area is 100.0 Å². The average molecular weight is 241 g/mol. The predicted molar refractivity (Wildman–Crippen MR) is 61.6 cm³/mol. The van der Waals surface area contributed by atoms with Gasteiger partial charge < -0.3 is 10.1 Å². The summed E-state index contributed by atoms with van der Waals surface area (Å²) in [5.41, 5.74) is 0.287. The molecular formula is C13H17F2NO. The highest BCUT2D eigenvalue weighted by Gasteiger charge is 2.13. The van der Waals surface area contributed by atoms with Gasteiger partial charge in [0.05, 0.1) is 6.61 Å². The molecule has 0 aliphatic carbocycles. The molecule has 0 amide bonds. The van der Waals surface area contributed by atoms with Gasteiger partial charge in [-0.3, -0.25) is 0 Å². The second-order valence-electron chi connectivity index (χ2n) is 4.44. The van der Waals surface area contributed by atoms with Crippen LogP contribution < -0.4 is 5.32 Å². The van der Waals surface area contributed by atoms with Gasteiger partial charge in [-0.15, -0.1) is 0 Å². The third-order valence-corrected chi connectivity index (χ3v) is 3.10. The molecule has 1 aliphatic rings. The quantitative estimate of drug-likeness (QED) is 0.800. The highest BCUT2D eigenvalue weighted by molar-refractivity contribution is 5.17. The maximum atomic E-state index is 13.2. The fraction of sp³-hybridized carbons (Fsp3) is 0.538. The van der Waals surface area contributed by atoms with Crippen molar-refractivity contribution in [2.45, 2.75) is 19.4 Å². The van der Waals surface area contributed by atoms with E-state index in [2.05, 4.69) is 5.32 Å². The van der Waals surface area contributed by atoms with Gasteiger partial charge in [0.1, 0.15) is 11.6 Å². The molecule has 1 fully saturated rings. The molecule has 1 atom stereocenters. The van der Waals surface area contributed by atoms with Crippen LogP contribution in [0.2, 0.25) is 0 Å². The predicted octanol–water partition coefficient (Wildman–Crippen LogP) is 2.48. The summed E-state index contributed by atoms with van der Waals surface area (Å²) < 4.78 is 31.5. The van der Waals surface area contributed by atoms with Crippen molar-refractivity contribution in [3.63, 3.8) is 0 Å². The highest BCUT2D eigenvalue weighted by Crippen LogP contribution is 2.14. The summed E-state index contributed by atoms with van der Waals surface area (Å²) in [5.74, 6) is -0.175. The Kier molecular flexibility index (Phi) is 4.45. The minimum atomic E-state index is -0.426. The van der Waals surface area contributed by atoms with Gasteiger partial charge in [0.2, 0.25) is 0 Å². The highest BCUT2D eigenvalue weighted by atomic mass is 19.1. The van der Waals surface area contributed by atoms with Crippen LogP contribution in [0.25, 0.3) is 0 Å². The van der Waals surface area contributed by atoms with E-state index in [0.29, 0.717) is 12.5 Å². The topological polar surface area (TPSA) is 21.3 Å². The van der Waals surface area contributed by atoms with Crippen LogP contribution in [0.15, 0.2) is 18.2 Å². The van der Waals surface area contributed by atoms with Crippen LogP contribution in [-0.4, -0.2) is 19.7 Å². The first kappa shape index (κ1) is 12.5. The molecule has 0 radical (unpaired) electrons. The van der Waals surface area contributed by atoms with Crippen LogP contribution in [0.4, 0.5) is 8.78 Å². The largest absolute Gasteiger partial charge is 0.377 e. The summed E-state index contributed by atoms with van der Waals surface area (Å²) in [5, 5.41) is 3.28. The SMILES string of the molecule is Fc1ccc(F)c(COCCC2CCNC2)c1. The summed E-state index contributed by atoms with van der Waals surface area (Å²) in [6, 6.07) is 3.43. The van der Waals surface area contributed by atoms with Gasteiger partial charge in [-0.2, -0.15) is 0 Å². The van der Waals surface area contributed by atoms with E-state index in [1.165, 1.54) is 12.5 Å². The average Bonchev–Trinajstić information content (AvgIpc) is 2.82. The van der Waals surface area contributed by atoms with Gasteiger partial charge in [0.25, 0.3) is 0 Å². The van der Waals surface area contributed by atoms with Gasteiger partial charge in [0, 0.05) is 12.2 Å². The summed E-state index contributed by atoms with van der Waals surface area (Å²) in [4.78, 5) is 0. The van der Waals surface area contributed by atoms with Crippen molar-refractivity contribution >= 4 is 0 Å². The van der Waals surface area contributed by atoms with Gasteiger partial charge in [0.15, 0.2) is 0 Å². The molecule has 0 spiro atoms. The molecule has 0 saturated carbocycles. The Bertz CT molecular complexity index is 364. The number of hydrogen-bond acceptors (Lipinski definition) is 2. The van der Waals surface area contributed by atoms with Crippen molar-refractivity contribution in [3.05, 3.63) is 35.4 Å². The number of hydrogen-bond donors (Lipinski definition) is 1. The van der Waals surface area contributed by atoms with Crippen molar-refractivity contribution in [3.8, 4) is 0 Å². The molecule has 1 aliphatic heterocycles. The smallest absolute Gasteiger partial charge is 0.128 e. The van der Waals surface area contributed by atoms with Crippen molar-refractivity contribution in [1.82, 2.24) is 5.32 Å². The Morgan fingerprint density at radius 3 is 3.00 bits per heavy atom. The first-order valence-electron chi connectivity index (χ1n) is 5.98. The van der Waals surface area contributed by atoms with Gasteiger partial charge in [-0.1, -0.05) is 0 Å². The van der Waals surface area contributed by atoms with E-state index in [0.717, 1.165) is 31.6 Å². The molecule has 94 valence electrons. The summed E-state index contributed by atoms with van der Waals surface area (Å²) in [6.45, 7) is 2.85. The maximum absolute atomic E-state index is 13.2. The maximum Gasteiger partial charge on any atom is 0.128 e. The van der Waals surface area contributed by atoms with Crippen LogP contribution >= 0.6 is 0 Å². The van der Waals surface area contributed by atoms with Crippen LogP contribution in [0.5, 0.6) is 0 Å². The normalized spacial score (nSPS) is 19.8. The number of ether oxygens (including phenoxy) is 1. The van der Waals surface area contributed by atoms with E-state index in [4.69, 9.17) is 4.74 Å². The molecule has 1 N–H and O–H groups in total. The van der Waals surface area contributed by atoms with E-state index in [1.54, 1.807) is 0 Å². The lowest BCUT2D eigenvalue weighted by molar-refractivity contribution is 0.107. The van der Waals surface area contributed by atoms with Crippen LogP contribution in [-0.2, 0) is 11.3 Å². The Hall–Kier alpha value is -1.00. The zero-order chi connectivity index (χ0) is 12.1. The first-order chi connectivity index (χ1) is 8.25. The number of rotatable bonds is 5. The molecule has 1 heterocycles. The second-order valence-corrected chi connectivity index (χ2v) is 4.44. The van der Waals surface area contributed by atoms with Gasteiger partial charge in [-0.25, -0.2) is 8.78 Å². The fourth-order valence-corrected chi connectivity index (χ4v) is 2.05. The molecule has 1 aromatic rings. The Balaban J connectivity index is 1.72. The number of nitrogens with one attached hydrogen (secondary N) is 1. The second kappa shape index (κ2) is 6.07. The van der Waals surface area contributed by atoms with Crippen molar-refractivity contribution in [1.29, 1.82) is 0 Å². The minimum absolute atomic E-state index is 0.143. The third kappa shape index (κ3) is 3.75. The van der Waals surface area contributed by atoms with Crippen LogP contribution in [0, 0.1) is 17.6 Å². The molecule has 1 unspecified atom stereocenters. The molecule has 0 aromatic heterocycles. The zero-order valence-corrected chi connectivity index (χ0v) is 9.72. The monoisotopic (exact) mass is 241 g/mol. The molecule has 2 nitrogen and oxygen atoms in total. The standard InChI is InChI=1S/C13H17F2NO/c14-12-1-2-13(15)11(7-12)9-17-6-4-10-3-5-16-8-10/h1-2,7,10,16H,3-6,8-9H2. The van der Waals surface area contributed by atoms with Crippen molar-refractivity contribution in [2.75, 3.05) is 19.7 Å². The van der Waals surface area contributed by atoms with E-state index in [-0.39, 0.29) is 12.2 Å². The molecule has 1 saturated heterocycles.